The number of pyridine rings is 1. The van der Waals surface area contributed by atoms with Crippen molar-refractivity contribution in [3.05, 3.63) is 94.5 Å². The minimum Gasteiger partial charge on any atom is -0.491 e. The number of carbonyl (C=O) groups is 1. The lowest BCUT2D eigenvalue weighted by molar-refractivity contribution is 0.0956. The summed E-state index contributed by atoms with van der Waals surface area (Å²) >= 11 is 3.43. The number of nitrogens with zero attached hydrogens (tertiary/aromatic N) is 2. The van der Waals surface area contributed by atoms with Gasteiger partial charge in [-0.2, -0.15) is 5.10 Å². The van der Waals surface area contributed by atoms with Crippen LogP contribution in [0.1, 0.15) is 29.8 Å². The van der Waals surface area contributed by atoms with Crippen molar-refractivity contribution in [2.24, 2.45) is 5.10 Å². The fourth-order valence-corrected chi connectivity index (χ4v) is 3.74. The van der Waals surface area contributed by atoms with Gasteiger partial charge in [0, 0.05) is 15.4 Å². The second-order valence-electron chi connectivity index (χ2n) is 7.52. The lowest BCUT2D eigenvalue weighted by Gasteiger charge is -2.12. The first kappa shape index (κ1) is 21.7. The number of ether oxygens (including phenoxy) is 1. The van der Waals surface area contributed by atoms with Crippen molar-refractivity contribution < 1.29 is 9.53 Å². The predicted molar refractivity (Wildman–Crippen MR) is 132 cm³/mol. The van der Waals surface area contributed by atoms with Gasteiger partial charge in [0.05, 0.1) is 29.1 Å². The van der Waals surface area contributed by atoms with Crippen LogP contribution in [-0.2, 0) is 0 Å². The molecular formula is C26H22BrN3O2. The van der Waals surface area contributed by atoms with Crippen molar-refractivity contribution in [1.29, 1.82) is 0 Å². The Labute approximate surface area is 195 Å². The number of hydrogen-bond donors (Lipinski definition) is 1. The molecule has 0 saturated heterocycles. The first-order chi connectivity index (χ1) is 15.5. The van der Waals surface area contributed by atoms with Crippen LogP contribution in [0.3, 0.4) is 0 Å². The van der Waals surface area contributed by atoms with E-state index in [0.29, 0.717) is 11.3 Å². The van der Waals surface area contributed by atoms with Crippen molar-refractivity contribution in [2.45, 2.75) is 20.0 Å². The lowest BCUT2D eigenvalue weighted by Crippen LogP contribution is -2.18. The van der Waals surface area contributed by atoms with Gasteiger partial charge in [-0.15, -0.1) is 0 Å². The molecule has 1 N–H and O–H groups in total. The molecule has 0 radical (unpaired) electrons. The lowest BCUT2D eigenvalue weighted by atomic mass is 10.0. The van der Waals surface area contributed by atoms with Gasteiger partial charge >= 0.3 is 0 Å². The van der Waals surface area contributed by atoms with Gasteiger partial charge in [-0.05, 0) is 55.8 Å². The van der Waals surface area contributed by atoms with E-state index >= 15 is 0 Å². The van der Waals surface area contributed by atoms with Crippen LogP contribution in [-0.4, -0.2) is 23.2 Å². The summed E-state index contributed by atoms with van der Waals surface area (Å²) in [5, 5.41) is 4.89. The van der Waals surface area contributed by atoms with Crippen molar-refractivity contribution in [1.82, 2.24) is 10.4 Å². The standard InChI is InChI=1S/C26H22BrN3O2/c1-17(2)32-21-10-6-8-19(14-21)25-15-23(22-11-3-4-12-24(22)29-25)26(31)30-28-16-18-7-5-9-20(27)13-18/h3-17H,1-2H3,(H,30,31). The Balaban J connectivity index is 1.67. The normalized spacial score (nSPS) is 11.2. The number of hydrazone groups is 1. The smallest absolute Gasteiger partial charge is 0.272 e. The maximum Gasteiger partial charge on any atom is 0.272 e. The van der Waals surface area contributed by atoms with E-state index in [1.807, 2.05) is 86.6 Å². The molecule has 0 aliphatic heterocycles. The van der Waals surface area contributed by atoms with Gasteiger partial charge in [-0.25, -0.2) is 10.4 Å². The first-order valence-electron chi connectivity index (χ1n) is 10.3. The zero-order valence-corrected chi connectivity index (χ0v) is 19.3. The number of benzene rings is 3. The third kappa shape index (κ3) is 5.21. The largest absolute Gasteiger partial charge is 0.491 e. The maximum atomic E-state index is 13.0. The SMILES string of the molecule is CC(C)Oc1cccc(-c2cc(C(=O)NN=Cc3cccc(Br)c3)c3ccccc3n2)c1. The Morgan fingerprint density at radius 3 is 2.66 bits per heavy atom. The highest BCUT2D eigenvalue weighted by atomic mass is 79.9. The van der Waals surface area contributed by atoms with Gasteiger partial charge in [0.1, 0.15) is 5.75 Å². The molecule has 3 aromatic carbocycles. The minimum atomic E-state index is -0.300. The molecule has 4 aromatic rings. The van der Waals surface area contributed by atoms with E-state index in [1.165, 1.54) is 0 Å². The number of amides is 1. The van der Waals surface area contributed by atoms with E-state index in [4.69, 9.17) is 9.72 Å². The van der Waals surface area contributed by atoms with Crippen LogP contribution in [0.2, 0.25) is 0 Å². The molecule has 0 unspecified atom stereocenters. The molecular weight excluding hydrogens is 466 g/mol. The van der Waals surface area contributed by atoms with Crippen molar-refractivity contribution in [3.8, 4) is 17.0 Å². The molecule has 160 valence electrons. The summed E-state index contributed by atoms with van der Waals surface area (Å²) in [5.41, 5.74) is 6.33. The van der Waals surface area contributed by atoms with E-state index in [-0.39, 0.29) is 12.0 Å². The fraction of sp³-hybridized carbons (Fsp3) is 0.115. The highest BCUT2D eigenvalue weighted by Crippen LogP contribution is 2.27. The molecule has 32 heavy (non-hydrogen) atoms. The number of fused-ring (bicyclic) bond motifs is 1. The number of carbonyl (C=O) groups excluding carboxylic acids is 1. The molecule has 0 spiro atoms. The van der Waals surface area contributed by atoms with E-state index in [0.717, 1.165) is 32.3 Å². The summed E-state index contributed by atoms with van der Waals surface area (Å²) in [6.45, 7) is 3.97. The molecule has 5 nitrogen and oxygen atoms in total. The van der Waals surface area contributed by atoms with Crippen molar-refractivity contribution in [2.75, 3.05) is 0 Å². The molecule has 0 atom stereocenters. The van der Waals surface area contributed by atoms with Gasteiger partial charge in [0.25, 0.3) is 5.91 Å². The van der Waals surface area contributed by atoms with E-state index in [2.05, 4.69) is 26.5 Å². The average molecular weight is 488 g/mol. The number of nitrogens with one attached hydrogen (secondary N) is 1. The molecule has 0 aliphatic carbocycles. The summed E-state index contributed by atoms with van der Waals surface area (Å²) < 4.78 is 6.76. The summed E-state index contributed by atoms with van der Waals surface area (Å²) in [5.74, 6) is 0.461. The Hall–Kier alpha value is -3.51. The van der Waals surface area contributed by atoms with Crippen LogP contribution in [0.5, 0.6) is 5.75 Å². The van der Waals surface area contributed by atoms with Crippen molar-refractivity contribution in [3.63, 3.8) is 0 Å². The van der Waals surface area contributed by atoms with Crippen LogP contribution in [0, 0.1) is 0 Å². The molecule has 4 rings (SSSR count). The monoisotopic (exact) mass is 487 g/mol. The molecule has 0 fully saturated rings. The number of hydrogen-bond acceptors (Lipinski definition) is 4. The van der Waals surface area contributed by atoms with Crippen LogP contribution < -0.4 is 10.2 Å². The van der Waals surface area contributed by atoms with E-state index in [9.17, 15) is 4.79 Å². The second kappa shape index (κ2) is 9.75. The van der Waals surface area contributed by atoms with Gasteiger partial charge in [-0.3, -0.25) is 4.79 Å². The highest BCUT2D eigenvalue weighted by Gasteiger charge is 2.14. The van der Waals surface area contributed by atoms with Crippen LogP contribution >= 0.6 is 15.9 Å². The molecule has 0 bridgehead atoms. The highest BCUT2D eigenvalue weighted by molar-refractivity contribution is 9.10. The fourth-order valence-electron chi connectivity index (χ4n) is 3.32. The van der Waals surface area contributed by atoms with Gasteiger partial charge in [0.2, 0.25) is 0 Å². The van der Waals surface area contributed by atoms with Crippen LogP contribution in [0.4, 0.5) is 0 Å². The Kier molecular flexibility index (Phi) is 6.61. The van der Waals surface area contributed by atoms with E-state index < -0.39 is 0 Å². The van der Waals surface area contributed by atoms with E-state index in [1.54, 1.807) is 12.3 Å². The molecule has 1 amide bonds. The molecule has 0 saturated carbocycles. The average Bonchev–Trinajstić information content (AvgIpc) is 2.78. The summed E-state index contributed by atoms with van der Waals surface area (Å²) in [6.07, 6.45) is 1.68. The molecule has 0 aliphatic rings. The topological polar surface area (TPSA) is 63.6 Å². The van der Waals surface area contributed by atoms with Gasteiger partial charge < -0.3 is 4.74 Å². The van der Waals surface area contributed by atoms with Crippen LogP contribution in [0.15, 0.2) is 88.4 Å². The van der Waals surface area contributed by atoms with Gasteiger partial charge in [0.15, 0.2) is 0 Å². The number of rotatable bonds is 6. The molecule has 6 heteroatoms. The van der Waals surface area contributed by atoms with Crippen molar-refractivity contribution >= 4 is 39.0 Å². The molecule has 1 aromatic heterocycles. The second-order valence-corrected chi connectivity index (χ2v) is 8.44. The minimum absolute atomic E-state index is 0.0688. The first-order valence-corrected chi connectivity index (χ1v) is 11.0. The number of halogens is 1. The Morgan fingerprint density at radius 1 is 1.03 bits per heavy atom. The summed E-state index contributed by atoms with van der Waals surface area (Å²) in [4.78, 5) is 17.8. The predicted octanol–water partition coefficient (Wildman–Crippen LogP) is 6.22. The summed E-state index contributed by atoms with van der Waals surface area (Å²) in [6, 6.07) is 24.8. The zero-order chi connectivity index (χ0) is 22.5. The summed E-state index contributed by atoms with van der Waals surface area (Å²) in [7, 11) is 0. The third-order valence-electron chi connectivity index (χ3n) is 4.69. The molecule has 1 heterocycles. The Morgan fingerprint density at radius 2 is 1.84 bits per heavy atom. The Bertz CT molecular complexity index is 1300. The quantitative estimate of drug-likeness (QED) is 0.259. The zero-order valence-electron chi connectivity index (χ0n) is 17.7. The van der Waals surface area contributed by atoms with Crippen LogP contribution in [0.25, 0.3) is 22.2 Å². The number of para-hydroxylation sites is 1. The number of aromatic nitrogens is 1. The van der Waals surface area contributed by atoms with Gasteiger partial charge in [-0.1, -0.05) is 58.4 Å². The third-order valence-corrected chi connectivity index (χ3v) is 5.18. The maximum absolute atomic E-state index is 13.0.